The predicted octanol–water partition coefficient (Wildman–Crippen LogP) is 3.90. The summed E-state index contributed by atoms with van der Waals surface area (Å²) in [4.78, 5) is 17.2. The number of carbonyl (C=O) groups is 1. The number of rotatable bonds is 8. The number of amides is 1. The van der Waals surface area contributed by atoms with Crippen LogP contribution in [0.15, 0.2) is 36.4 Å². The predicted molar refractivity (Wildman–Crippen MR) is 119 cm³/mol. The van der Waals surface area contributed by atoms with E-state index in [2.05, 4.69) is 23.1 Å². The van der Waals surface area contributed by atoms with Gasteiger partial charge in [0.05, 0.1) is 27.8 Å². The third-order valence-electron chi connectivity index (χ3n) is 5.65. The normalized spacial score (nSPS) is 13.7. The molecule has 0 spiro atoms. The molecule has 0 N–H and O–H groups in total. The Morgan fingerprint density at radius 3 is 2.27 bits per heavy atom. The van der Waals surface area contributed by atoms with E-state index in [1.807, 2.05) is 19.2 Å². The average molecular weight is 413 g/mol. The fraction of sp³-hybridized carbons (Fsp3) is 0.458. The number of ether oxygens (including phenoxy) is 3. The number of methoxy groups -OCH3 is 3. The molecule has 1 fully saturated rings. The topological polar surface area (TPSA) is 51.2 Å². The third kappa shape index (κ3) is 4.81. The van der Waals surface area contributed by atoms with E-state index in [1.54, 1.807) is 32.3 Å². The van der Waals surface area contributed by atoms with Crippen molar-refractivity contribution < 1.29 is 19.0 Å². The molecule has 1 amide bonds. The number of piperidine rings is 1. The van der Waals surface area contributed by atoms with Gasteiger partial charge in [-0.3, -0.25) is 4.79 Å². The molecule has 6 heteroatoms. The van der Waals surface area contributed by atoms with E-state index in [0.717, 1.165) is 18.7 Å². The van der Waals surface area contributed by atoms with E-state index in [1.165, 1.54) is 30.5 Å². The van der Waals surface area contributed by atoms with Crippen LogP contribution in [0.1, 0.15) is 30.4 Å². The Balaban J connectivity index is 1.75. The van der Waals surface area contributed by atoms with Gasteiger partial charge in [0.2, 0.25) is 11.7 Å². The van der Waals surface area contributed by atoms with E-state index in [0.29, 0.717) is 23.8 Å². The van der Waals surface area contributed by atoms with Crippen molar-refractivity contribution in [2.45, 2.75) is 32.2 Å². The number of likely N-dealkylation sites (N-methyl/N-ethyl adjacent to an activating group) is 1. The van der Waals surface area contributed by atoms with Gasteiger partial charge < -0.3 is 24.0 Å². The van der Waals surface area contributed by atoms with Crippen LogP contribution in [0.4, 0.5) is 5.69 Å². The second kappa shape index (κ2) is 10.2. The first-order valence-corrected chi connectivity index (χ1v) is 10.4. The fourth-order valence-corrected chi connectivity index (χ4v) is 4.03. The Bertz CT molecular complexity index is 862. The molecular weight excluding hydrogens is 380 g/mol. The number of hydrogen-bond acceptors (Lipinski definition) is 5. The molecule has 2 aromatic carbocycles. The van der Waals surface area contributed by atoms with Crippen molar-refractivity contribution >= 4 is 11.6 Å². The summed E-state index contributed by atoms with van der Waals surface area (Å²) in [6.45, 7) is 2.73. The van der Waals surface area contributed by atoms with Crippen molar-refractivity contribution in [3.8, 4) is 17.2 Å². The largest absolute Gasteiger partial charge is 0.493 e. The monoisotopic (exact) mass is 412 g/mol. The Labute approximate surface area is 179 Å². The molecular formula is C24H32N2O4. The van der Waals surface area contributed by atoms with Crippen molar-refractivity contribution in [2.24, 2.45) is 0 Å². The first-order valence-electron chi connectivity index (χ1n) is 10.4. The molecule has 1 heterocycles. The van der Waals surface area contributed by atoms with E-state index in [9.17, 15) is 4.79 Å². The number of carbonyl (C=O) groups excluding carboxylic acids is 1. The Morgan fingerprint density at radius 2 is 1.60 bits per heavy atom. The molecule has 162 valence electrons. The third-order valence-corrected chi connectivity index (χ3v) is 5.65. The lowest BCUT2D eigenvalue weighted by molar-refractivity contribution is -0.129. The number of anilines is 1. The SMILES string of the molecule is COc1ccc(CC(=O)N(C)Cc2ccccc2N2CCCCC2)c(OC)c1OC. The molecule has 0 radical (unpaired) electrons. The molecule has 1 saturated heterocycles. The second-order valence-electron chi connectivity index (χ2n) is 7.60. The Morgan fingerprint density at radius 1 is 0.900 bits per heavy atom. The molecule has 0 aliphatic carbocycles. The maximum atomic E-state index is 13.0. The van der Waals surface area contributed by atoms with E-state index >= 15 is 0 Å². The maximum Gasteiger partial charge on any atom is 0.227 e. The van der Waals surface area contributed by atoms with Crippen LogP contribution in [0.5, 0.6) is 17.2 Å². The summed E-state index contributed by atoms with van der Waals surface area (Å²) in [5.41, 5.74) is 3.19. The van der Waals surface area contributed by atoms with Gasteiger partial charge in [-0.2, -0.15) is 0 Å². The van der Waals surface area contributed by atoms with Crippen molar-refractivity contribution in [3.05, 3.63) is 47.5 Å². The minimum Gasteiger partial charge on any atom is -0.493 e. The van der Waals surface area contributed by atoms with Gasteiger partial charge in [-0.25, -0.2) is 0 Å². The lowest BCUT2D eigenvalue weighted by Gasteiger charge is -2.31. The fourth-order valence-electron chi connectivity index (χ4n) is 4.03. The average Bonchev–Trinajstić information content (AvgIpc) is 2.79. The highest BCUT2D eigenvalue weighted by Gasteiger charge is 2.21. The van der Waals surface area contributed by atoms with Gasteiger partial charge in [-0.05, 0) is 37.0 Å². The van der Waals surface area contributed by atoms with Crippen LogP contribution in [0, 0.1) is 0 Å². The van der Waals surface area contributed by atoms with E-state index in [-0.39, 0.29) is 12.3 Å². The summed E-state index contributed by atoms with van der Waals surface area (Å²) >= 11 is 0. The highest BCUT2D eigenvalue weighted by Crippen LogP contribution is 2.40. The quantitative estimate of drug-likeness (QED) is 0.658. The molecule has 2 aromatic rings. The van der Waals surface area contributed by atoms with Crippen LogP contribution >= 0.6 is 0 Å². The zero-order chi connectivity index (χ0) is 21.5. The van der Waals surface area contributed by atoms with Crippen molar-refractivity contribution in [1.82, 2.24) is 4.90 Å². The van der Waals surface area contributed by atoms with Crippen molar-refractivity contribution in [2.75, 3.05) is 46.4 Å². The van der Waals surface area contributed by atoms with Crippen molar-refractivity contribution in [1.29, 1.82) is 0 Å². The van der Waals surface area contributed by atoms with Crippen LogP contribution in [-0.4, -0.2) is 52.3 Å². The molecule has 0 saturated carbocycles. The first-order chi connectivity index (χ1) is 14.6. The van der Waals surface area contributed by atoms with E-state index < -0.39 is 0 Å². The zero-order valence-corrected chi connectivity index (χ0v) is 18.4. The van der Waals surface area contributed by atoms with Gasteiger partial charge in [-0.15, -0.1) is 0 Å². The van der Waals surface area contributed by atoms with Gasteiger partial charge in [0, 0.05) is 37.9 Å². The molecule has 1 aliphatic rings. The molecule has 30 heavy (non-hydrogen) atoms. The molecule has 6 nitrogen and oxygen atoms in total. The highest BCUT2D eigenvalue weighted by molar-refractivity contribution is 5.80. The van der Waals surface area contributed by atoms with Crippen LogP contribution in [-0.2, 0) is 17.8 Å². The van der Waals surface area contributed by atoms with Crippen LogP contribution in [0.2, 0.25) is 0 Å². The molecule has 0 aromatic heterocycles. The highest BCUT2D eigenvalue weighted by atomic mass is 16.5. The summed E-state index contributed by atoms with van der Waals surface area (Å²) in [5.74, 6) is 1.64. The number of hydrogen-bond donors (Lipinski definition) is 0. The number of nitrogens with zero attached hydrogens (tertiary/aromatic N) is 2. The molecule has 3 rings (SSSR count). The standard InChI is InChI=1S/C24H32N2O4/c1-25(17-19-10-6-7-11-20(19)26-14-8-5-9-15-26)22(27)16-18-12-13-21(28-2)24(30-4)23(18)29-3/h6-7,10-13H,5,8-9,14-17H2,1-4H3. The summed E-state index contributed by atoms with van der Waals surface area (Å²) in [6, 6.07) is 12.0. The Hall–Kier alpha value is -2.89. The smallest absolute Gasteiger partial charge is 0.227 e. The van der Waals surface area contributed by atoms with Crippen LogP contribution in [0.25, 0.3) is 0 Å². The first kappa shape index (κ1) is 21.8. The minimum absolute atomic E-state index is 0.0222. The van der Waals surface area contributed by atoms with Gasteiger partial charge in [0.15, 0.2) is 11.5 Å². The summed E-state index contributed by atoms with van der Waals surface area (Å²) in [7, 11) is 6.57. The van der Waals surface area contributed by atoms with Gasteiger partial charge >= 0.3 is 0 Å². The lowest BCUT2D eigenvalue weighted by Crippen LogP contribution is -2.32. The van der Waals surface area contributed by atoms with Gasteiger partial charge in [-0.1, -0.05) is 24.3 Å². The molecule has 0 atom stereocenters. The number of benzene rings is 2. The Kier molecular flexibility index (Phi) is 7.44. The van der Waals surface area contributed by atoms with Crippen LogP contribution in [0.3, 0.4) is 0 Å². The van der Waals surface area contributed by atoms with Crippen LogP contribution < -0.4 is 19.1 Å². The minimum atomic E-state index is 0.0222. The van der Waals surface area contributed by atoms with Gasteiger partial charge in [0.25, 0.3) is 0 Å². The molecule has 0 unspecified atom stereocenters. The second-order valence-corrected chi connectivity index (χ2v) is 7.60. The zero-order valence-electron chi connectivity index (χ0n) is 18.4. The summed E-state index contributed by atoms with van der Waals surface area (Å²) < 4.78 is 16.3. The maximum absolute atomic E-state index is 13.0. The van der Waals surface area contributed by atoms with Crippen molar-refractivity contribution in [3.63, 3.8) is 0 Å². The number of para-hydroxylation sites is 1. The lowest BCUT2D eigenvalue weighted by atomic mass is 10.1. The van der Waals surface area contributed by atoms with E-state index in [4.69, 9.17) is 14.2 Å². The van der Waals surface area contributed by atoms with Gasteiger partial charge in [0.1, 0.15) is 0 Å². The molecule has 1 aliphatic heterocycles. The molecule has 0 bridgehead atoms. The summed E-state index contributed by atoms with van der Waals surface area (Å²) in [6.07, 6.45) is 3.97. The summed E-state index contributed by atoms with van der Waals surface area (Å²) in [5, 5.41) is 0.